The van der Waals surface area contributed by atoms with Gasteiger partial charge < -0.3 is 30.4 Å². The van der Waals surface area contributed by atoms with Gasteiger partial charge in [-0.3, -0.25) is 29.0 Å². The number of likely N-dealkylation sites (tertiary alicyclic amines) is 2. The highest BCUT2D eigenvalue weighted by Crippen LogP contribution is 2.37. The average Bonchev–Trinajstić information content (AvgIpc) is 4.21. The molecule has 0 saturated carbocycles. The number of alkyl halides is 3. The number of hydrogen-bond donors (Lipinski definition) is 4. The number of aromatic nitrogens is 8. The summed E-state index contributed by atoms with van der Waals surface area (Å²) in [6.45, 7) is 7.30. The minimum Gasteiger partial charge on any atom is -0.370 e. The minimum atomic E-state index is -4.73. The van der Waals surface area contributed by atoms with Crippen LogP contribution in [0.4, 0.5) is 24.5 Å². The lowest BCUT2D eigenvalue weighted by molar-refractivity contribution is -0.140. The molecule has 0 aromatic carbocycles. The Kier molecular flexibility index (Phi) is 13.7. The number of carbonyl (C=O) groups excluding carboxylic acids is 2. The first-order chi connectivity index (χ1) is 34.3. The number of anilines is 2. The Morgan fingerprint density at radius 2 is 1.24 bits per heavy atom. The molecular weight excluding hydrogens is 938 g/mol. The topological polar surface area (TPSA) is 206 Å². The molecule has 0 bridgehead atoms. The van der Waals surface area contributed by atoms with Crippen LogP contribution in [0.3, 0.4) is 0 Å². The number of carbonyl (C=O) groups is 2. The van der Waals surface area contributed by atoms with Gasteiger partial charge in [0, 0.05) is 89.2 Å². The smallest absolute Gasteiger partial charge is 0.370 e. The van der Waals surface area contributed by atoms with Crippen LogP contribution in [0.2, 0.25) is 0 Å². The Labute approximate surface area is 411 Å². The van der Waals surface area contributed by atoms with Crippen molar-refractivity contribution >= 4 is 55.8 Å². The van der Waals surface area contributed by atoms with Crippen molar-refractivity contribution in [2.24, 2.45) is 7.05 Å². The zero-order valence-electron chi connectivity index (χ0n) is 40.1. The number of aryl methyl sites for hydroxylation is 3. The molecule has 4 aliphatic heterocycles. The first kappa shape index (κ1) is 48.4. The molecule has 10 heterocycles. The summed E-state index contributed by atoms with van der Waals surface area (Å²) >= 11 is 1.73. The molecule has 4 N–H and O–H groups in total. The summed E-state index contributed by atoms with van der Waals surface area (Å²) in [5, 5.41) is 9.02. The third-order valence-corrected chi connectivity index (χ3v) is 16.3. The summed E-state index contributed by atoms with van der Waals surface area (Å²) in [6, 6.07) is 8.33. The molecule has 2 atom stereocenters. The number of nitrogens with zero attached hydrogens (tertiary/aromatic N) is 10. The lowest BCUT2D eigenvalue weighted by atomic mass is 9.93. The maximum Gasteiger partial charge on any atom is 0.436 e. The highest BCUT2D eigenvalue weighted by molar-refractivity contribution is 7.18. The predicted molar refractivity (Wildman–Crippen MR) is 265 cm³/mol. The summed E-state index contributed by atoms with van der Waals surface area (Å²) in [6.07, 6.45) is 8.93. The summed E-state index contributed by atoms with van der Waals surface area (Å²) < 4.78 is 41.0. The van der Waals surface area contributed by atoms with E-state index in [1.54, 1.807) is 50.0 Å². The van der Waals surface area contributed by atoms with Crippen LogP contribution < -0.4 is 31.6 Å². The number of nitrogens with one attached hydrogen (secondary N) is 4. The van der Waals surface area contributed by atoms with E-state index in [1.807, 2.05) is 12.1 Å². The van der Waals surface area contributed by atoms with Gasteiger partial charge in [-0.1, -0.05) is 0 Å². The van der Waals surface area contributed by atoms with E-state index in [9.17, 15) is 32.3 Å². The van der Waals surface area contributed by atoms with Crippen molar-refractivity contribution < 1.29 is 22.8 Å². The van der Waals surface area contributed by atoms with Gasteiger partial charge in [-0.05, 0) is 107 Å². The monoisotopic (exact) mass is 996 g/mol. The first-order valence-corrected chi connectivity index (χ1v) is 25.5. The molecular formula is C49H59F3N14O4S. The second-order valence-corrected chi connectivity index (χ2v) is 20.4. The van der Waals surface area contributed by atoms with Crippen molar-refractivity contribution in [3.8, 4) is 0 Å². The Morgan fingerprint density at radius 3 is 1.79 bits per heavy atom. The molecule has 2 unspecified atom stereocenters. The van der Waals surface area contributed by atoms with Gasteiger partial charge in [0.15, 0.2) is 11.3 Å². The van der Waals surface area contributed by atoms with E-state index in [1.165, 1.54) is 17.5 Å². The Bertz CT molecular complexity index is 3030. The number of thiophene rings is 1. The standard InChI is InChI=1S/C25H30N6O2S.C24H29F3N8O2/c1-26-23(32)19-6-5-17(13-27-19)30-11-8-16(9-12-30)31-10-7-15(14-31)22-28-24(33)21-18-3-2-4-20(18)34-25(21)29-22;1-28-22(36)17-6-5-16(12-29-17)34-10-7-15(8-11-34)35-9-3-4-14(13-35)20-30-21-18(23(37)31-20)19(24(25,26)27)32-33(21)2/h5-6,13,15-16H,2-4,7-12,14H2,1H3,(H,26,32)(H,28,29,33);5-6,12,14-15H,3-4,7-11,13H2,1-2H3,(H,28,36)(H,30,31,37). The van der Waals surface area contributed by atoms with Crippen LogP contribution in [-0.2, 0) is 26.1 Å². The van der Waals surface area contributed by atoms with Crippen LogP contribution >= 0.6 is 11.3 Å². The Balaban J connectivity index is 0.000000164. The van der Waals surface area contributed by atoms with Crippen molar-refractivity contribution in [1.82, 2.24) is 60.1 Å². The number of pyridine rings is 2. The van der Waals surface area contributed by atoms with Gasteiger partial charge in [-0.2, -0.15) is 18.3 Å². The van der Waals surface area contributed by atoms with Gasteiger partial charge in [-0.15, -0.1) is 11.3 Å². The van der Waals surface area contributed by atoms with E-state index in [-0.39, 0.29) is 28.9 Å². The highest BCUT2D eigenvalue weighted by atomic mass is 32.1. The van der Waals surface area contributed by atoms with Crippen molar-refractivity contribution in [3.63, 3.8) is 0 Å². The normalized spacial score (nSPS) is 20.6. The van der Waals surface area contributed by atoms with E-state index < -0.39 is 22.8 Å². The number of H-pyrrole nitrogens is 2. The zero-order valence-corrected chi connectivity index (χ0v) is 41.0. The molecule has 4 saturated heterocycles. The average molecular weight is 997 g/mol. The molecule has 376 valence electrons. The van der Waals surface area contributed by atoms with E-state index >= 15 is 0 Å². The second-order valence-electron chi connectivity index (χ2n) is 19.3. The fraction of sp³-hybridized carbons (Fsp3) is 0.531. The van der Waals surface area contributed by atoms with E-state index in [0.717, 1.165) is 142 Å². The van der Waals surface area contributed by atoms with E-state index in [0.29, 0.717) is 41.8 Å². The van der Waals surface area contributed by atoms with Gasteiger partial charge in [-0.25, -0.2) is 24.6 Å². The Hall–Kier alpha value is -6.26. The SMILES string of the molecule is CNC(=O)c1ccc(N2CCC(N3CCC(c4nc5sc6c(c5c(=O)[nH]4)CCC6)C3)CC2)cn1.CNC(=O)c1ccc(N2CCC(N3CCCC(c4nc5c(c(C(F)(F)F)nn5C)c(=O)[nH]4)C3)CC2)cn1. The molecule has 0 spiro atoms. The minimum absolute atomic E-state index is 0.0486. The molecule has 2 amide bonds. The van der Waals surface area contributed by atoms with Crippen molar-refractivity contribution in [3.05, 3.63) is 96.5 Å². The summed E-state index contributed by atoms with van der Waals surface area (Å²) in [4.78, 5) is 84.6. The van der Waals surface area contributed by atoms with Crippen LogP contribution in [-0.4, -0.2) is 140 Å². The number of aromatic amines is 2. The van der Waals surface area contributed by atoms with Gasteiger partial charge in [0.1, 0.15) is 33.3 Å². The molecule has 0 radical (unpaired) electrons. The molecule has 11 rings (SSSR count). The maximum absolute atomic E-state index is 13.3. The number of hydrogen-bond acceptors (Lipinski definition) is 14. The van der Waals surface area contributed by atoms with Crippen LogP contribution in [0.15, 0.2) is 46.2 Å². The number of amides is 2. The fourth-order valence-corrected chi connectivity index (χ4v) is 12.6. The second kappa shape index (κ2) is 20.1. The molecule has 4 fully saturated rings. The lowest BCUT2D eigenvalue weighted by Gasteiger charge is -2.42. The Morgan fingerprint density at radius 1 is 0.690 bits per heavy atom. The van der Waals surface area contributed by atoms with Crippen LogP contribution in [0.25, 0.3) is 21.3 Å². The van der Waals surface area contributed by atoms with Crippen molar-refractivity contribution in [2.45, 2.75) is 94.3 Å². The molecule has 22 heteroatoms. The van der Waals surface area contributed by atoms with Crippen molar-refractivity contribution in [1.29, 1.82) is 0 Å². The van der Waals surface area contributed by atoms with E-state index in [4.69, 9.17) is 4.98 Å². The van der Waals surface area contributed by atoms with Crippen LogP contribution in [0, 0.1) is 0 Å². The summed E-state index contributed by atoms with van der Waals surface area (Å²) in [5.74, 6) is 1.14. The van der Waals surface area contributed by atoms with Crippen LogP contribution in [0.5, 0.6) is 0 Å². The molecule has 6 aromatic heterocycles. The number of piperidine rings is 3. The summed E-state index contributed by atoms with van der Waals surface area (Å²) in [7, 11) is 4.56. The van der Waals surface area contributed by atoms with Gasteiger partial charge in [0.05, 0.1) is 29.2 Å². The fourth-order valence-electron chi connectivity index (χ4n) is 11.3. The quantitative estimate of drug-likeness (QED) is 0.159. The van der Waals surface area contributed by atoms with Gasteiger partial charge in [0.25, 0.3) is 22.9 Å². The molecule has 6 aromatic rings. The lowest BCUT2D eigenvalue weighted by Crippen LogP contribution is -2.48. The zero-order chi connectivity index (χ0) is 49.6. The molecule has 1 aliphatic carbocycles. The van der Waals surface area contributed by atoms with E-state index in [2.05, 4.69) is 60.3 Å². The highest BCUT2D eigenvalue weighted by Gasteiger charge is 2.39. The maximum atomic E-state index is 13.3. The molecule has 5 aliphatic rings. The number of fused-ring (bicyclic) bond motifs is 4. The van der Waals surface area contributed by atoms with Crippen LogP contribution in [0.1, 0.15) is 112 Å². The van der Waals surface area contributed by atoms with Gasteiger partial charge in [0.2, 0.25) is 0 Å². The number of rotatable bonds is 8. The largest absolute Gasteiger partial charge is 0.436 e. The summed E-state index contributed by atoms with van der Waals surface area (Å²) in [5.41, 5.74) is 2.12. The third-order valence-electron chi connectivity index (χ3n) is 15.1. The number of halogens is 3. The van der Waals surface area contributed by atoms with Crippen molar-refractivity contribution in [2.75, 3.05) is 76.3 Å². The van der Waals surface area contributed by atoms with Gasteiger partial charge >= 0.3 is 6.18 Å². The molecule has 71 heavy (non-hydrogen) atoms. The third kappa shape index (κ3) is 9.89. The first-order valence-electron chi connectivity index (χ1n) is 24.7. The molecule has 18 nitrogen and oxygen atoms in total. The predicted octanol–water partition coefficient (Wildman–Crippen LogP) is 4.96.